The van der Waals surface area contributed by atoms with Crippen molar-refractivity contribution in [2.45, 2.75) is 0 Å². The predicted octanol–water partition coefficient (Wildman–Crippen LogP) is 2.36. The minimum atomic E-state index is -0.408. The van der Waals surface area contributed by atoms with E-state index in [1.54, 1.807) is 30.3 Å². The van der Waals surface area contributed by atoms with Gasteiger partial charge in [-0.2, -0.15) is 0 Å². The molecule has 7 nitrogen and oxygen atoms in total. The third-order valence-electron chi connectivity index (χ3n) is 5.00. The van der Waals surface area contributed by atoms with Crippen LogP contribution in [0.3, 0.4) is 0 Å². The molecule has 1 fully saturated rings. The highest BCUT2D eigenvalue weighted by molar-refractivity contribution is 5.98. The van der Waals surface area contributed by atoms with E-state index in [-0.39, 0.29) is 5.78 Å². The van der Waals surface area contributed by atoms with Crippen LogP contribution in [-0.4, -0.2) is 81.6 Å². The second-order valence-corrected chi connectivity index (χ2v) is 7.25. The summed E-state index contributed by atoms with van der Waals surface area (Å²) in [5, 5.41) is 0. The molecule has 0 aliphatic carbocycles. The van der Waals surface area contributed by atoms with Gasteiger partial charge in [-0.1, -0.05) is 18.2 Å². The van der Waals surface area contributed by atoms with Gasteiger partial charge in [0.05, 0.1) is 19.2 Å². The van der Waals surface area contributed by atoms with E-state index < -0.39 is 5.97 Å². The Balaban J connectivity index is 1.46. The van der Waals surface area contributed by atoms with E-state index in [1.165, 1.54) is 7.11 Å². The molecule has 0 radical (unpaired) electrons. The maximum atomic E-state index is 12.6. The van der Waals surface area contributed by atoms with Crippen molar-refractivity contribution in [1.29, 1.82) is 0 Å². The van der Waals surface area contributed by atoms with Crippen molar-refractivity contribution in [2.24, 2.45) is 0 Å². The summed E-state index contributed by atoms with van der Waals surface area (Å²) in [6.07, 6.45) is 0. The molecule has 0 saturated carbocycles. The number of rotatable bonds is 9. The van der Waals surface area contributed by atoms with E-state index in [4.69, 9.17) is 14.2 Å². The van der Waals surface area contributed by atoms with Gasteiger partial charge in [-0.25, -0.2) is 4.79 Å². The lowest BCUT2D eigenvalue weighted by atomic mass is 10.1. The summed E-state index contributed by atoms with van der Waals surface area (Å²) in [7, 11) is 3.44. The summed E-state index contributed by atoms with van der Waals surface area (Å²) in [6, 6.07) is 14.0. The highest BCUT2D eigenvalue weighted by atomic mass is 16.5. The van der Waals surface area contributed by atoms with Gasteiger partial charge in [-0.05, 0) is 37.4 Å². The first-order chi connectivity index (χ1) is 14.5. The van der Waals surface area contributed by atoms with Gasteiger partial charge in [0.1, 0.15) is 24.7 Å². The molecule has 1 aliphatic rings. The summed E-state index contributed by atoms with van der Waals surface area (Å²) >= 11 is 0. The zero-order chi connectivity index (χ0) is 21.3. The van der Waals surface area contributed by atoms with Crippen LogP contribution in [0.4, 0.5) is 0 Å². The number of piperazine rings is 1. The van der Waals surface area contributed by atoms with Gasteiger partial charge < -0.3 is 19.1 Å². The van der Waals surface area contributed by atoms with Crippen molar-refractivity contribution in [3.8, 4) is 11.5 Å². The van der Waals surface area contributed by atoms with Crippen LogP contribution in [-0.2, 0) is 4.74 Å². The van der Waals surface area contributed by atoms with Gasteiger partial charge in [0.25, 0.3) is 0 Å². The highest BCUT2D eigenvalue weighted by Gasteiger charge is 2.17. The zero-order valence-electron chi connectivity index (χ0n) is 17.5. The smallest absolute Gasteiger partial charge is 0.337 e. The molecule has 1 saturated heterocycles. The van der Waals surface area contributed by atoms with Crippen LogP contribution >= 0.6 is 0 Å². The summed E-state index contributed by atoms with van der Waals surface area (Å²) in [6.45, 7) is 4.84. The molecule has 160 valence electrons. The topological polar surface area (TPSA) is 68.3 Å². The molecule has 30 heavy (non-hydrogen) atoms. The first-order valence-corrected chi connectivity index (χ1v) is 10.0. The van der Waals surface area contributed by atoms with Crippen molar-refractivity contribution in [1.82, 2.24) is 9.80 Å². The van der Waals surface area contributed by atoms with Crippen molar-refractivity contribution >= 4 is 11.8 Å². The zero-order valence-corrected chi connectivity index (χ0v) is 17.5. The molecular formula is C23H28N2O5. The number of nitrogens with zero attached hydrogens (tertiary/aromatic N) is 2. The van der Waals surface area contributed by atoms with E-state index in [2.05, 4.69) is 16.8 Å². The fourth-order valence-corrected chi connectivity index (χ4v) is 3.21. The van der Waals surface area contributed by atoms with Crippen molar-refractivity contribution in [3.05, 3.63) is 59.7 Å². The monoisotopic (exact) mass is 412 g/mol. The molecule has 1 heterocycles. The second-order valence-electron chi connectivity index (χ2n) is 7.25. The van der Waals surface area contributed by atoms with Gasteiger partial charge in [0.15, 0.2) is 5.78 Å². The van der Waals surface area contributed by atoms with Gasteiger partial charge >= 0.3 is 5.97 Å². The number of methoxy groups -OCH3 is 1. The number of carbonyl (C=O) groups is 2. The SMILES string of the molecule is COC(=O)c1cccc(OCCOc2cccc(C(=O)CN3CCN(C)CC3)c2)c1. The molecule has 0 N–H and O–H groups in total. The summed E-state index contributed by atoms with van der Waals surface area (Å²) in [5.41, 5.74) is 1.08. The molecule has 2 aromatic carbocycles. The number of hydrogen-bond donors (Lipinski definition) is 0. The number of ether oxygens (including phenoxy) is 3. The molecule has 0 aromatic heterocycles. The highest BCUT2D eigenvalue weighted by Crippen LogP contribution is 2.16. The van der Waals surface area contributed by atoms with E-state index in [0.29, 0.717) is 42.4 Å². The number of likely N-dealkylation sites (N-methyl/N-ethyl adjacent to an activating group) is 1. The van der Waals surface area contributed by atoms with Crippen LogP contribution in [0.2, 0.25) is 0 Å². The van der Waals surface area contributed by atoms with Crippen LogP contribution < -0.4 is 9.47 Å². The first kappa shape index (κ1) is 21.8. The number of hydrogen-bond acceptors (Lipinski definition) is 7. The van der Waals surface area contributed by atoms with Crippen LogP contribution in [0, 0.1) is 0 Å². The summed E-state index contributed by atoms with van der Waals surface area (Å²) in [5.74, 6) is 0.888. The second kappa shape index (κ2) is 10.8. The summed E-state index contributed by atoms with van der Waals surface area (Å²) < 4.78 is 16.1. The van der Waals surface area contributed by atoms with Gasteiger partial charge in [0.2, 0.25) is 0 Å². The molecule has 0 unspecified atom stereocenters. The van der Waals surface area contributed by atoms with Gasteiger partial charge in [-0.3, -0.25) is 9.69 Å². The van der Waals surface area contributed by atoms with E-state index in [9.17, 15) is 9.59 Å². The average molecular weight is 412 g/mol. The third kappa shape index (κ3) is 6.30. The number of benzene rings is 2. The number of ketones is 1. The maximum Gasteiger partial charge on any atom is 0.337 e. The first-order valence-electron chi connectivity index (χ1n) is 10.0. The molecule has 0 amide bonds. The Bertz CT molecular complexity index is 862. The Morgan fingerprint density at radius 3 is 2.03 bits per heavy atom. The quantitative estimate of drug-likeness (QED) is 0.356. The molecule has 3 rings (SSSR count). The summed E-state index contributed by atoms with van der Waals surface area (Å²) in [4.78, 5) is 28.6. The lowest BCUT2D eigenvalue weighted by Gasteiger charge is -2.31. The lowest BCUT2D eigenvalue weighted by molar-refractivity contribution is 0.0600. The molecule has 7 heteroatoms. The predicted molar refractivity (Wildman–Crippen MR) is 113 cm³/mol. The van der Waals surface area contributed by atoms with Crippen LogP contribution in [0.1, 0.15) is 20.7 Å². The molecule has 0 spiro atoms. The Labute approximate surface area is 177 Å². The Morgan fingerprint density at radius 2 is 1.43 bits per heavy atom. The van der Waals surface area contributed by atoms with Crippen molar-refractivity contribution < 1.29 is 23.8 Å². The minimum absolute atomic E-state index is 0.0980. The fraction of sp³-hybridized carbons (Fsp3) is 0.391. The molecular weight excluding hydrogens is 384 g/mol. The van der Waals surface area contributed by atoms with Crippen LogP contribution in [0.5, 0.6) is 11.5 Å². The molecule has 1 aliphatic heterocycles. The number of esters is 1. The molecule has 0 atom stereocenters. The molecule has 2 aromatic rings. The van der Waals surface area contributed by atoms with Gasteiger partial charge in [-0.15, -0.1) is 0 Å². The van der Waals surface area contributed by atoms with Gasteiger partial charge in [0, 0.05) is 31.7 Å². The number of carbonyl (C=O) groups excluding carboxylic acids is 2. The lowest BCUT2D eigenvalue weighted by Crippen LogP contribution is -2.46. The normalized spacial score (nSPS) is 14.9. The fourth-order valence-electron chi connectivity index (χ4n) is 3.21. The van der Waals surface area contributed by atoms with E-state index >= 15 is 0 Å². The number of Topliss-reactive ketones (excluding diaryl/α,β-unsaturated/α-hetero) is 1. The Morgan fingerprint density at radius 1 is 0.867 bits per heavy atom. The Kier molecular flexibility index (Phi) is 7.82. The average Bonchev–Trinajstić information content (AvgIpc) is 2.78. The maximum absolute atomic E-state index is 12.6. The standard InChI is InChI=1S/C23H28N2O5/c1-24-9-11-25(12-10-24)17-22(26)18-5-3-7-20(15-18)29-13-14-30-21-8-4-6-19(16-21)23(27)28-2/h3-8,15-16H,9-14,17H2,1-2H3. The largest absolute Gasteiger partial charge is 0.490 e. The van der Waals surface area contributed by atoms with Crippen LogP contribution in [0.15, 0.2) is 48.5 Å². The van der Waals surface area contributed by atoms with Crippen LogP contribution in [0.25, 0.3) is 0 Å². The molecule has 0 bridgehead atoms. The van der Waals surface area contributed by atoms with Crippen molar-refractivity contribution in [2.75, 3.05) is 60.1 Å². The van der Waals surface area contributed by atoms with E-state index in [0.717, 1.165) is 26.2 Å². The third-order valence-corrected chi connectivity index (χ3v) is 5.00. The van der Waals surface area contributed by atoms with E-state index in [1.807, 2.05) is 18.2 Å². The van der Waals surface area contributed by atoms with Crippen molar-refractivity contribution in [3.63, 3.8) is 0 Å². The Hall–Kier alpha value is -2.90. The minimum Gasteiger partial charge on any atom is -0.490 e.